The molecule has 5 heteroatoms. The second-order valence-electron chi connectivity index (χ2n) is 6.44. The van der Waals surface area contributed by atoms with Gasteiger partial charge in [-0.3, -0.25) is 4.79 Å². The average molecular weight is 380 g/mol. The van der Waals surface area contributed by atoms with Crippen molar-refractivity contribution in [1.29, 1.82) is 0 Å². The molecule has 0 radical (unpaired) electrons. The third-order valence-corrected chi connectivity index (χ3v) is 6.22. The minimum Gasteiger partial charge on any atom is -0.507 e. The van der Waals surface area contributed by atoms with Gasteiger partial charge in [-0.25, -0.2) is 8.42 Å². The van der Waals surface area contributed by atoms with Crippen molar-refractivity contribution in [3.05, 3.63) is 95.6 Å². The zero-order valence-corrected chi connectivity index (χ0v) is 15.7. The molecule has 3 rings (SSSR count). The van der Waals surface area contributed by atoms with Crippen LogP contribution in [-0.4, -0.2) is 25.1 Å². The molecule has 0 bridgehead atoms. The summed E-state index contributed by atoms with van der Waals surface area (Å²) in [5.41, 5.74) is 1.67. The Kier molecular flexibility index (Phi) is 5.42. The predicted molar refractivity (Wildman–Crippen MR) is 105 cm³/mol. The highest BCUT2D eigenvalue weighted by Crippen LogP contribution is 2.29. The molecule has 4 nitrogen and oxygen atoms in total. The van der Waals surface area contributed by atoms with E-state index in [0.29, 0.717) is 5.56 Å². The molecule has 0 aliphatic heterocycles. The fraction of sp³-hybridized carbons (Fsp3) is 0.136. The number of aromatic hydroxyl groups is 1. The summed E-state index contributed by atoms with van der Waals surface area (Å²) in [5.74, 6) is -1.86. The van der Waals surface area contributed by atoms with Gasteiger partial charge in [0.15, 0.2) is 15.6 Å². The van der Waals surface area contributed by atoms with E-state index in [9.17, 15) is 18.3 Å². The predicted octanol–water partition coefficient (Wildman–Crippen LogP) is 4.14. The number of hydrogen-bond donors (Lipinski definition) is 1. The molecule has 0 amide bonds. The van der Waals surface area contributed by atoms with Crippen LogP contribution in [-0.2, 0) is 9.84 Å². The highest BCUT2D eigenvalue weighted by atomic mass is 32.2. The zero-order valence-electron chi connectivity index (χ0n) is 14.9. The number of aryl methyl sites for hydroxylation is 1. The Hall–Kier alpha value is -2.92. The smallest absolute Gasteiger partial charge is 0.179 e. The molecule has 27 heavy (non-hydrogen) atoms. The minimum atomic E-state index is -3.69. The maximum Gasteiger partial charge on any atom is 0.179 e. The molecule has 0 aliphatic rings. The first kappa shape index (κ1) is 18.9. The maximum atomic E-state index is 13.1. The summed E-state index contributed by atoms with van der Waals surface area (Å²) in [6, 6.07) is 21.5. The maximum absolute atomic E-state index is 13.1. The van der Waals surface area contributed by atoms with Crippen LogP contribution in [0, 0.1) is 6.92 Å². The van der Waals surface area contributed by atoms with Crippen molar-refractivity contribution in [2.45, 2.75) is 17.7 Å². The third kappa shape index (κ3) is 4.26. The van der Waals surface area contributed by atoms with Gasteiger partial charge in [0.25, 0.3) is 0 Å². The van der Waals surface area contributed by atoms with Gasteiger partial charge in [-0.1, -0.05) is 60.2 Å². The minimum absolute atomic E-state index is 0.116. The number of ketones is 1. The average Bonchev–Trinajstić information content (AvgIpc) is 2.67. The van der Waals surface area contributed by atoms with Crippen molar-refractivity contribution in [1.82, 2.24) is 0 Å². The Bertz CT molecular complexity index is 1040. The number of phenolic OH excluding ortho intramolecular Hbond substituents is 1. The van der Waals surface area contributed by atoms with Gasteiger partial charge < -0.3 is 5.11 Å². The number of carbonyl (C=O) groups excluding carboxylic acids is 1. The lowest BCUT2D eigenvalue weighted by atomic mass is 9.92. The van der Waals surface area contributed by atoms with Crippen LogP contribution in [0.2, 0.25) is 0 Å². The summed E-state index contributed by atoms with van der Waals surface area (Å²) in [6.45, 7) is 1.88. The van der Waals surface area contributed by atoms with Gasteiger partial charge in [-0.05, 0) is 36.8 Å². The number of hydrogen-bond acceptors (Lipinski definition) is 4. The molecule has 3 aromatic carbocycles. The quantitative estimate of drug-likeness (QED) is 0.653. The highest BCUT2D eigenvalue weighted by molar-refractivity contribution is 7.91. The summed E-state index contributed by atoms with van der Waals surface area (Å²) in [5, 5.41) is 10.1. The molecular formula is C22H20O4S. The molecule has 0 saturated heterocycles. The SMILES string of the molecule is Cc1ccc(S(=O)(=O)CC(C(=O)c2ccccc2O)c2ccccc2)cc1. The molecule has 1 unspecified atom stereocenters. The number of para-hydroxylation sites is 1. The van der Waals surface area contributed by atoms with E-state index in [1.807, 2.05) is 6.92 Å². The molecular weight excluding hydrogens is 360 g/mol. The Labute approximate surface area is 159 Å². The number of rotatable bonds is 6. The van der Waals surface area contributed by atoms with Crippen molar-refractivity contribution < 1.29 is 18.3 Å². The normalized spacial score (nSPS) is 12.5. The van der Waals surface area contributed by atoms with Gasteiger partial charge >= 0.3 is 0 Å². The second kappa shape index (κ2) is 7.76. The van der Waals surface area contributed by atoms with E-state index in [1.165, 1.54) is 12.1 Å². The van der Waals surface area contributed by atoms with Crippen LogP contribution in [0.4, 0.5) is 0 Å². The molecule has 3 aromatic rings. The first-order chi connectivity index (χ1) is 12.9. The monoisotopic (exact) mass is 380 g/mol. The first-order valence-corrected chi connectivity index (χ1v) is 10.2. The Morgan fingerprint density at radius 1 is 0.889 bits per heavy atom. The van der Waals surface area contributed by atoms with E-state index < -0.39 is 21.5 Å². The van der Waals surface area contributed by atoms with Crippen LogP contribution >= 0.6 is 0 Å². The van der Waals surface area contributed by atoms with E-state index >= 15 is 0 Å². The number of Topliss-reactive ketones (excluding diaryl/α,β-unsaturated/α-hetero) is 1. The van der Waals surface area contributed by atoms with E-state index in [1.54, 1.807) is 66.7 Å². The van der Waals surface area contributed by atoms with Crippen molar-refractivity contribution in [2.24, 2.45) is 0 Å². The van der Waals surface area contributed by atoms with Gasteiger partial charge in [-0.2, -0.15) is 0 Å². The molecule has 0 aliphatic carbocycles. The largest absolute Gasteiger partial charge is 0.507 e. The summed E-state index contributed by atoms with van der Waals surface area (Å²) in [4.78, 5) is 13.3. The molecule has 138 valence electrons. The van der Waals surface area contributed by atoms with Crippen molar-refractivity contribution in [3.8, 4) is 5.75 Å². The lowest BCUT2D eigenvalue weighted by molar-refractivity contribution is 0.0964. The molecule has 0 spiro atoms. The molecule has 0 saturated carbocycles. The van der Waals surface area contributed by atoms with Gasteiger partial charge in [0.2, 0.25) is 0 Å². The fourth-order valence-corrected chi connectivity index (χ4v) is 4.47. The number of sulfone groups is 1. The molecule has 0 heterocycles. The summed E-state index contributed by atoms with van der Waals surface area (Å²) >= 11 is 0. The van der Waals surface area contributed by atoms with Crippen molar-refractivity contribution in [3.63, 3.8) is 0 Å². The van der Waals surface area contributed by atoms with Gasteiger partial charge in [-0.15, -0.1) is 0 Å². The second-order valence-corrected chi connectivity index (χ2v) is 8.47. The standard InChI is InChI=1S/C22H20O4S/c1-16-11-13-18(14-12-16)27(25,26)15-20(17-7-3-2-4-8-17)22(24)19-9-5-6-10-21(19)23/h2-14,20,23H,15H2,1H3. The van der Waals surface area contributed by atoms with E-state index in [-0.39, 0.29) is 22.0 Å². The number of carbonyl (C=O) groups is 1. The lowest BCUT2D eigenvalue weighted by Crippen LogP contribution is -2.23. The van der Waals surface area contributed by atoms with Crippen LogP contribution in [0.5, 0.6) is 5.75 Å². The Morgan fingerprint density at radius 3 is 2.11 bits per heavy atom. The zero-order chi connectivity index (χ0) is 19.4. The van der Waals surface area contributed by atoms with Crippen LogP contribution < -0.4 is 0 Å². The van der Waals surface area contributed by atoms with Gasteiger partial charge in [0.05, 0.1) is 22.1 Å². The Morgan fingerprint density at radius 2 is 1.48 bits per heavy atom. The summed E-state index contributed by atoms with van der Waals surface area (Å²) in [6.07, 6.45) is 0. The highest BCUT2D eigenvalue weighted by Gasteiger charge is 2.30. The molecule has 1 atom stereocenters. The van der Waals surface area contributed by atoms with Crippen LogP contribution in [0.15, 0.2) is 83.8 Å². The van der Waals surface area contributed by atoms with Gasteiger partial charge in [0, 0.05) is 0 Å². The van der Waals surface area contributed by atoms with Crippen molar-refractivity contribution >= 4 is 15.6 Å². The van der Waals surface area contributed by atoms with Gasteiger partial charge in [0.1, 0.15) is 5.75 Å². The van der Waals surface area contributed by atoms with E-state index in [2.05, 4.69) is 0 Å². The van der Waals surface area contributed by atoms with E-state index in [4.69, 9.17) is 0 Å². The number of phenols is 1. The van der Waals surface area contributed by atoms with Crippen LogP contribution in [0.1, 0.15) is 27.4 Å². The first-order valence-electron chi connectivity index (χ1n) is 8.55. The van der Waals surface area contributed by atoms with Crippen LogP contribution in [0.25, 0.3) is 0 Å². The Balaban J connectivity index is 2.02. The molecule has 0 aromatic heterocycles. The summed E-state index contributed by atoms with van der Waals surface area (Å²) in [7, 11) is -3.69. The molecule has 0 fully saturated rings. The van der Waals surface area contributed by atoms with Crippen molar-refractivity contribution in [2.75, 3.05) is 5.75 Å². The topological polar surface area (TPSA) is 71.4 Å². The van der Waals surface area contributed by atoms with E-state index in [0.717, 1.165) is 5.56 Å². The molecule has 1 N–H and O–H groups in total. The number of benzene rings is 3. The fourth-order valence-electron chi connectivity index (χ4n) is 2.94. The van der Waals surface area contributed by atoms with Crippen LogP contribution in [0.3, 0.4) is 0 Å². The summed E-state index contributed by atoms with van der Waals surface area (Å²) < 4.78 is 25.9. The lowest BCUT2D eigenvalue weighted by Gasteiger charge is -2.17. The third-order valence-electron chi connectivity index (χ3n) is 4.45.